The molecular weight excluding hydrogens is 432 g/mol. The highest BCUT2D eigenvalue weighted by Crippen LogP contribution is 2.22. The number of nitrogens with one attached hydrogen (secondary N) is 3. The highest BCUT2D eigenvalue weighted by molar-refractivity contribution is 6.51. The normalized spacial score (nSPS) is 12.8. The second-order valence-electron chi connectivity index (χ2n) is 8.49. The number of amides is 1. The van der Waals surface area contributed by atoms with Gasteiger partial charge in [0.2, 0.25) is 5.78 Å². The lowest BCUT2D eigenvalue weighted by Crippen LogP contribution is -2.38. The highest BCUT2D eigenvalue weighted by atomic mass is 16.2. The van der Waals surface area contributed by atoms with Gasteiger partial charge in [0.25, 0.3) is 5.91 Å². The zero-order valence-corrected chi connectivity index (χ0v) is 19.9. The van der Waals surface area contributed by atoms with Crippen LogP contribution in [0.4, 0.5) is 0 Å². The van der Waals surface area contributed by atoms with Crippen LogP contribution in [0.1, 0.15) is 54.7 Å². The smallest absolute Gasteiger partial charge is 0.269 e. The second kappa shape index (κ2) is 11.0. The standard InChI is InChI=1S/C24H30N8O2/c1-14(29-31-23(34)17-8-6-16(7-9-17)22(26)30-32-27)19(25)21(33)20(28-5)15-10-12-18(13-11-15)24(2,3)4/h6-13,29H,25H2,1-5H3,(H,31,34)(H3,26,27,30). The number of carbonyl (C=O) groups is 2. The number of allylic oxidation sites excluding steroid dienone is 2. The SMILES string of the molecule is CN=C(C(=O)C(N)=C(C)NNC(=O)c1ccc(C(=N)N=NN)cc1)c1ccc(C(C)(C)C)cc1. The molecule has 7 N–H and O–H groups in total. The van der Waals surface area contributed by atoms with Crippen molar-refractivity contribution < 1.29 is 9.59 Å². The number of hydrazine groups is 1. The lowest BCUT2D eigenvalue weighted by Gasteiger charge is -2.19. The van der Waals surface area contributed by atoms with E-state index < -0.39 is 11.7 Å². The van der Waals surface area contributed by atoms with E-state index in [0.717, 1.165) is 5.56 Å². The van der Waals surface area contributed by atoms with Crippen molar-refractivity contribution >= 4 is 23.2 Å². The fraction of sp³-hybridized carbons (Fsp3) is 0.250. The van der Waals surface area contributed by atoms with Crippen LogP contribution < -0.4 is 22.4 Å². The summed E-state index contributed by atoms with van der Waals surface area (Å²) in [4.78, 5) is 29.5. The Morgan fingerprint density at radius 1 is 0.912 bits per heavy atom. The summed E-state index contributed by atoms with van der Waals surface area (Å²) in [6.07, 6.45) is 0. The Bertz CT molecular complexity index is 1150. The number of benzene rings is 2. The second-order valence-corrected chi connectivity index (χ2v) is 8.49. The van der Waals surface area contributed by atoms with Gasteiger partial charge in [-0.3, -0.25) is 25.4 Å². The summed E-state index contributed by atoms with van der Waals surface area (Å²) >= 11 is 0. The van der Waals surface area contributed by atoms with Crippen molar-refractivity contribution in [1.29, 1.82) is 5.41 Å². The molecule has 0 aromatic heterocycles. The summed E-state index contributed by atoms with van der Waals surface area (Å²) in [7, 11) is 1.53. The Hall–Kier alpha value is -4.34. The van der Waals surface area contributed by atoms with Crippen molar-refractivity contribution in [3.8, 4) is 0 Å². The molecule has 0 unspecified atom stereocenters. The van der Waals surface area contributed by atoms with Gasteiger partial charge in [0, 0.05) is 23.7 Å². The molecule has 0 bridgehead atoms. The van der Waals surface area contributed by atoms with E-state index in [2.05, 4.69) is 47.0 Å². The minimum Gasteiger partial charge on any atom is -0.394 e. The van der Waals surface area contributed by atoms with Crippen molar-refractivity contribution in [3.63, 3.8) is 0 Å². The first kappa shape index (κ1) is 25.9. The maximum atomic E-state index is 13.0. The molecule has 0 atom stereocenters. The fourth-order valence-electron chi connectivity index (χ4n) is 2.97. The lowest BCUT2D eigenvalue weighted by molar-refractivity contribution is -0.109. The van der Waals surface area contributed by atoms with E-state index >= 15 is 0 Å². The van der Waals surface area contributed by atoms with Crippen molar-refractivity contribution in [3.05, 3.63) is 82.2 Å². The topological polar surface area (TPSA) is 171 Å². The number of hydrogen-bond donors (Lipinski definition) is 5. The number of amidine groups is 1. The fourth-order valence-corrected chi connectivity index (χ4v) is 2.97. The van der Waals surface area contributed by atoms with Gasteiger partial charge in [-0.05, 0) is 30.0 Å². The Labute approximate surface area is 198 Å². The van der Waals surface area contributed by atoms with Crippen LogP contribution in [0.25, 0.3) is 0 Å². The number of Topliss-reactive ketones (excluding diaryl/α,β-unsaturated/α-hetero) is 1. The molecule has 0 aliphatic carbocycles. The maximum absolute atomic E-state index is 13.0. The molecule has 2 aromatic rings. The van der Waals surface area contributed by atoms with E-state index in [1.54, 1.807) is 19.1 Å². The maximum Gasteiger partial charge on any atom is 0.269 e. The average molecular weight is 463 g/mol. The lowest BCUT2D eigenvalue weighted by atomic mass is 9.86. The molecule has 34 heavy (non-hydrogen) atoms. The van der Waals surface area contributed by atoms with Crippen molar-refractivity contribution in [2.24, 2.45) is 26.9 Å². The summed E-state index contributed by atoms with van der Waals surface area (Å²) in [6.45, 7) is 7.91. The van der Waals surface area contributed by atoms with Crippen LogP contribution in [0.3, 0.4) is 0 Å². The number of aliphatic imine (C=N–C) groups is 1. The van der Waals surface area contributed by atoms with Crippen molar-refractivity contribution in [2.75, 3.05) is 7.05 Å². The number of nitrogens with two attached hydrogens (primary N) is 2. The molecule has 178 valence electrons. The largest absolute Gasteiger partial charge is 0.394 e. The van der Waals surface area contributed by atoms with Crippen LogP contribution in [0, 0.1) is 5.41 Å². The van der Waals surface area contributed by atoms with Gasteiger partial charge in [0.15, 0.2) is 5.84 Å². The third-order valence-electron chi connectivity index (χ3n) is 5.05. The molecular formula is C24H30N8O2. The van der Waals surface area contributed by atoms with Gasteiger partial charge in [-0.15, -0.1) is 5.11 Å². The molecule has 0 fully saturated rings. The number of hydrogen-bond acceptors (Lipinski definition) is 7. The summed E-state index contributed by atoms with van der Waals surface area (Å²) in [5.41, 5.74) is 14.2. The Kier molecular flexibility index (Phi) is 8.38. The minimum absolute atomic E-state index is 0.0125. The van der Waals surface area contributed by atoms with Gasteiger partial charge in [0.1, 0.15) is 11.4 Å². The van der Waals surface area contributed by atoms with E-state index in [1.807, 2.05) is 24.3 Å². The molecule has 0 aliphatic heterocycles. The molecule has 10 nitrogen and oxygen atoms in total. The van der Waals surface area contributed by atoms with Crippen molar-refractivity contribution in [2.45, 2.75) is 33.1 Å². The van der Waals surface area contributed by atoms with Crippen LogP contribution >= 0.6 is 0 Å². The molecule has 10 heteroatoms. The highest BCUT2D eigenvalue weighted by Gasteiger charge is 2.20. The van der Waals surface area contributed by atoms with Crippen LogP contribution in [-0.4, -0.2) is 30.3 Å². The van der Waals surface area contributed by atoms with Crippen LogP contribution in [-0.2, 0) is 10.2 Å². The first-order valence-electron chi connectivity index (χ1n) is 10.4. The van der Waals surface area contributed by atoms with E-state index in [4.69, 9.17) is 17.0 Å². The molecule has 0 spiro atoms. The van der Waals surface area contributed by atoms with Gasteiger partial charge < -0.3 is 17.0 Å². The number of nitrogens with zero attached hydrogens (tertiary/aromatic N) is 3. The van der Waals surface area contributed by atoms with Gasteiger partial charge in [0.05, 0.1) is 5.70 Å². The van der Waals surface area contributed by atoms with Gasteiger partial charge in [-0.2, -0.15) is 0 Å². The van der Waals surface area contributed by atoms with Crippen molar-refractivity contribution in [1.82, 2.24) is 10.9 Å². The van der Waals surface area contributed by atoms with Crippen LogP contribution in [0.15, 0.2) is 75.3 Å². The zero-order valence-electron chi connectivity index (χ0n) is 19.9. The predicted octanol–water partition coefficient (Wildman–Crippen LogP) is 2.75. The number of ketones is 1. The molecule has 2 aromatic carbocycles. The van der Waals surface area contributed by atoms with Gasteiger partial charge in [-0.25, -0.2) is 0 Å². The number of carbonyl (C=O) groups excluding carboxylic acids is 2. The zero-order chi connectivity index (χ0) is 25.5. The molecule has 1 amide bonds. The average Bonchev–Trinajstić information content (AvgIpc) is 2.82. The van der Waals surface area contributed by atoms with E-state index in [1.165, 1.54) is 19.2 Å². The molecule has 0 saturated carbocycles. The summed E-state index contributed by atoms with van der Waals surface area (Å²) < 4.78 is 0. The first-order chi connectivity index (χ1) is 16.0. The minimum atomic E-state index is -0.458. The van der Waals surface area contributed by atoms with Gasteiger partial charge in [-0.1, -0.05) is 62.4 Å². The van der Waals surface area contributed by atoms with E-state index in [-0.39, 0.29) is 28.4 Å². The quantitative estimate of drug-likeness (QED) is 0.106. The van der Waals surface area contributed by atoms with E-state index in [0.29, 0.717) is 16.7 Å². The summed E-state index contributed by atoms with van der Waals surface area (Å²) in [5, 5.41) is 14.2. The molecule has 0 radical (unpaired) electrons. The van der Waals surface area contributed by atoms with Crippen LogP contribution in [0.2, 0.25) is 0 Å². The Morgan fingerprint density at radius 3 is 1.94 bits per heavy atom. The Balaban J connectivity index is 2.10. The molecule has 2 rings (SSSR count). The third kappa shape index (κ3) is 6.35. The molecule has 0 aliphatic rings. The monoisotopic (exact) mass is 462 g/mol. The first-order valence-corrected chi connectivity index (χ1v) is 10.4. The number of rotatable bonds is 7. The summed E-state index contributed by atoms with van der Waals surface area (Å²) in [5.74, 6) is 3.90. The van der Waals surface area contributed by atoms with Crippen LogP contribution in [0.5, 0.6) is 0 Å². The third-order valence-corrected chi connectivity index (χ3v) is 5.05. The summed E-state index contributed by atoms with van der Waals surface area (Å²) in [6, 6.07) is 13.7. The van der Waals surface area contributed by atoms with E-state index in [9.17, 15) is 9.59 Å². The van der Waals surface area contributed by atoms with Gasteiger partial charge >= 0.3 is 0 Å². The predicted molar refractivity (Wildman–Crippen MR) is 132 cm³/mol. The molecule has 0 saturated heterocycles. The molecule has 0 heterocycles. The Morgan fingerprint density at radius 2 is 1.44 bits per heavy atom.